The van der Waals surface area contributed by atoms with Gasteiger partial charge in [-0.1, -0.05) is 0 Å². The fraction of sp³-hybridized carbons (Fsp3) is 0.318. The summed E-state index contributed by atoms with van der Waals surface area (Å²) < 4.78 is 7.36. The third-order valence-corrected chi connectivity index (χ3v) is 4.67. The summed E-state index contributed by atoms with van der Waals surface area (Å²) in [5.74, 6) is -0.714. The molecule has 2 rings (SSSR count). The molecular formula is C22H26N4O3. The van der Waals surface area contributed by atoms with Crippen LogP contribution in [0.1, 0.15) is 40.3 Å². The average Bonchev–Trinajstić information content (AvgIpc) is 2.99. The van der Waals surface area contributed by atoms with Crippen molar-refractivity contribution < 1.29 is 14.3 Å². The van der Waals surface area contributed by atoms with Gasteiger partial charge >= 0.3 is 0 Å². The lowest BCUT2D eigenvalue weighted by molar-refractivity contribution is -0.112. The van der Waals surface area contributed by atoms with Gasteiger partial charge in [-0.15, -0.1) is 0 Å². The number of benzene rings is 1. The van der Waals surface area contributed by atoms with Gasteiger partial charge in [-0.05, 0) is 62.7 Å². The number of nitrogens with zero attached hydrogens (tertiary/aromatic N) is 2. The topological polar surface area (TPSA) is 96.2 Å². The lowest BCUT2D eigenvalue weighted by Gasteiger charge is -2.17. The average molecular weight is 394 g/mol. The first-order chi connectivity index (χ1) is 13.8. The molecule has 2 amide bonds. The molecule has 0 saturated heterocycles. The van der Waals surface area contributed by atoms with Gasteiger partial charge in [0.15, 0.2) is 0 Å². The third kappa shape index (κ3) is 5.12. The lowest BCUT2D eigenvalue weighted by Crippen LogP contribution is -2.18. The van der Waals surface area contributed by atoms with Crippen molar-refractivity contribution >= 4 is 23.6 Å². The molecule has 0 aliphatic heterocycles. The number of carbonyl (C=O) groups is 2. The minimum atomic E-state index is -0.505. The summed E-state index contributed by atoms with van der Waals surface area (Å²) >= 11 is 0. The van der Waals surface area contributed by atoms with Crippen LogP contribution in [0.2, 0.25) is 0 Å². The number of amides is 2. The van der Waals surface area contributed by atoms with Crippen molar-refractivity contribution in [3.8, 4) is 6.07 Å². The van der Waals surface area contributed by atoms with Gasteiger partial charge in [0.05, 0.1) is 12.6 Å². The Balaban J connectivity index is 2.24. The van der Waals surface area contributed by atoms with Gasteiger partial charge in [-0.2, -0.15) is 5.26 Å². The first-order valence-electron chi connectivity index (χ1n) is 9.25. The molecule has 7 heteroatoms. The predicted octanol–water partition coefficient (Wildman–Crippen LogP) is 3.22. The number of hydrogen-bond donors (Lipinski definition) is 2. The van der Waals surface area contributed by atoms with E-state index in [0.29, 0.717) is 17.9 Å². The molecule has 0 spiro atoms. The van der Waals surface area contributed by atoms with E-state index in [-0.39, 0.29) is 17.5 Å². The molecule has 1 atom stereocenters. The zero-order chi connectivity index (χ0) is 21.6. The summed E-state index contributed by atoms with van der Waals surface area (Å²) in [4.78, 5) is 24.1. The van der Waals surface area contributed by atoms with Crippen LogP contribution in [0, 0.1) is 25.2 Å². The number of nitrogens with one attached hydrogen (secondary N) is 2. The van der Waals surface area contributed by atoms with Crippen molar-refractivity contribution in [2.24, 2.45) is 0 Å². The van der Waals surface area contributed by atoms with Crippen LogP contribution >= 0.6 is 0 Å². The van der Waals surface area contributed by atoms with Gasteiger partial charge in [0, 0.05) is 36.8 Å². The Kier molecular flexibility index (Phi) is 7.34. The van der Waals surface area contributed by atoms with Crippen molar-refractivity contribution in [2.75, 3.05) is 26.1 Å². The van der Waals surface area contributed by atoms with Crippen LogP contribution in [-0.4, -0.2) is 37.1 Å². The van der Waals surface area contributed by atoms with Crippen LogP contribution in [0.15, 0.2) is 35.9 Å². The van der Waals surface area contributed by atoms with E-state index in [1.807, 2.05) is 26.0 Å². The molecule has 2 N–H and O–H groups in total. The Morgan fingerprint density at radius 3 is 2.48 bits per heavy atom. The number of carbonyl (C=O) groups excluding carboxylic acids is 2. The Hall–Kier alpha value is -3.37. The fourth-order valence-corrected chi connectivity index (χ4v) is 3.29. The lowest BCUT2D eigenvalue weighted by atomic mass is 10.1. The zero-order valence-electron chi connectivity index (χ0n) is 17.4. The van der Waals surface area contributed by atoms with Crippen LogP contribution in [0.4, 0.5) is 5.69 Å². The molecule has 29 heavy (non-hydrogen) atoms. The monoisotopic (exact) mass is 394 g/mol. The first-order valence-corrected chi connectivity index (χ1v) is 9.25. The highest BCUT2D eigenvalue weighted by atomic mass is 16.5. The van der Waals surface area contributed by atoms with E-state index in [2.05, 4.69) is 22.1 Å². The smallest absolute Gasteiger partial charge is 0.266 e. The zero-order valence-corrected chi connectivity index (χ0v) is 17.4. The molecule has 0 fully saturated rings. The Bertz CT molecular complexity index is 965. The van der Waals surface area contributed by atoms with Gasteiger partial charge < -0.3 is 19.9 Å². The van der Waals surface area contributed by atoms with Crippen LogP contribution in [0.3, 0.4) is 0 Å². The Labute approximate surface area is 171 Å². The van der Waals surface area contributed by atoms with E-state index in [1.54, 1.807) is 44.5 Å². The second-order valence-electron chi connectivity index (χ2n) is 6.78. The van der Waals surface area contributed by atoms with E-state index in [1.165, 1.54) is 0 Å². The second-order valence-corrected chi connectivity index (χ2v) is 6.78. The van der Waals surface area contributed by atoms with Gasteiger partial charge in [-0.3, -0.25) is 9.59 Å². The normalized spacial score (nSPS) is 12.2. The van der Waals surface area contributed by atoms with Gasteiger partial charge in [0.1, 0.15) is 11.6 Å². The number of hydrogen-bond acceptors (Lipinski definition) is 4. The summed E-state index contributed by atoms with van der Waals surface area (Å²) in [5.41, 5.74) is 3.79. The van der Waals surface area contributed by atoms with Gasteiger partial charge in [-0.25, -0.2) is 0 Å². The number of ether oxygens (including phenoxy) is 1. The molecule has 0 aliphatic carbocycles. The maximum atomic E-state index is 12.6. The highest BCUT2D eigenvalue weighted by molar-refractivity contribution is 6.09. The largest absolute Gasteiger partial charge is 0.383 e. The van der Waals surface area contributed by atoms with Gasteiger partial charge in [0.2, 0.25) is 0 Å². The Morgan fingerprint density at radius 2 is 1.93 bits per heavy atom. The summed E-state index contributed by atoms with van der Waals surface area (Å²) in [5, 5.41) is 14.7. The number of aromatic nitrogens is 1. The predicted molar refractivity (Wildman–Crippen MR) is 113 cm³/mol. The molecule has 0 radical (unpaired) electrons. The van der Waals surface area contributed by atoms with Crippen LogP contribution in [-0.2, 0) is 9.53 Å². The minimum absolute atomic E-state index is 0.0000207. The van der Waals surface area contributed by atoms with E-state index in [9.17, 15) is 14.9 Å². The molecule has 0 aliphatic rings. The first kappa shape index (κ1) is 21.9. The molecule has 1 unspecified atom stereocenters. The number of rotatable bonds is 7. The number of nitriles is 1. The highest BCUT2D eigenvalue weighted by Crippen LogP contribution is 2.23. The Morgan fingerprint density at radius 1 is 1.28 bits per heavy atom. The van der Waals surface area contributed by atoms with Crippen molar-refractivity contribution in [3.05, 3.63) is 58.4 Å². The molecule has 0 saturated carbocycles. The number of aryl methyl sites for hydroxylation is 1. The van der Waals surface area contributed by atoms with E-state index >= 15 is 0 Å². The molecule has 1 aromatic carbocycles. The third-order valence-electron chi connectivity index (χ3n) is 4.67. The summed E-state index contributed by atoms with van der Waals surface area (Å²) in [6.45, 7) is 6.56. The van der Waals surface area contributed by atoms with Crippen LogP contribution in [0.25, 0.3) is 6.08 Å². The summed E-state index contributed by atoms with van der Waals surface area (Å²) in [6, 6.07) is 10.5. The second kappa shape index (κ2) is 9.71. The van der Waals surface area contributed by atoms with E-state index in [4.69, 9.17) is 4.74 Å². The standard InChI is InChI=1S/C22H26N4O3/c1-14-10-18(16(3)26(14)15(2)13-29-5)11-19(12-23)22(28)25-20-8-6-17(7-9-20)21(27)24-4/h6-11,15H,13H2,1-5H3,(H,24,27)(H,25,28)/b19-11+. The van der Waals surface area contributed by atoms with Crippen molar-refractivity contribution in [1.82, 2.24) is 9.88 Å². The van der Waals surface area contributed by atoms with Crippen molar-refractivity contribution in [1.29, 1.82) is 5.26 Å². The highest BCUT2D eigenvalue weighted by Gasteiger charge is 2.16. The van der Waals surface area contributed by atoms with E-state index in [0.717, 1.165) is 17.0 Å². The minimum Gasteiger partial charge on any atom is -0.383 e. The van der Waals surface area contributed by atoms with Crippen LogP contribution < -0.4 is 10.6 Å². The fourth-order valence-electron chi connectivity index (χ4n) is 3.29. The molecule has 0 bridgehead atoms. The van der Waals surface area contributed by atoms with Crippen molar-refractivity contribution in [3.63, 3.8) is 0 Å². The number of anilines is 1. The maximum absolute atomic E-state index is 12.6. The van der Waals surface area contributed by atoms with Gasteiger partial charge in [0.25, 0.3) is 11.8 Å². The molecule has 152 valence electrons. The molecule has 1 aromatic heterocycles. The molecule has 2 aromatic rings. The SMILES string of the molecule is CNC(=O)c1ccc(NC(=O)/C(C#N)=C/c2cc(C)n(C(C)COC)c2C)cc1. The summed E-state index contributed by atoms with van der Waals surface area (Å²) in [7, 11) is 3.21. The number of methoxy groups -OCH3 is 1. The molecule has 1 heterocycles. The molecule has 7 nitrogen and oxygen atoms in total. The molecular weight excluding hydrogens is 368 g/mol. The van der Waals surface area contributed by atoms with Crippen molar-refractivity contribution in [2.45, 2.75) is 26.8 Å². The summed E-state index contributed by atoms with van der Waals surface area (Å²) in [6.07, 6.45) is 1.59. The quantitative estimate of drug-likeness (QED) is 0.557. The van der Waals surface area contributed by atoms with Crippen LogP contribution in [0.5, 0.6) is 0 Å². The van der Waals surface area contributed by atoms with E-state index < -0.39 is 5.91 Å². The maximum Gasteiger partial charge on any atom is 0.266 e.